The number of carbonyl (C=O) groups excluding carboxylic acids is 1. The van der Waals surface area contributed by atoms with Gasteiger partial charge in [0, 0.05) is 37.1 Å². The first-order chi connectivity index (χ1) is 9.45. The zero-order valence-corrected chi connectivity index (χ0v) is 13.8. The van der Waals surface area contributed by atoms with Crippen molar-refractivity contribution in [2.24, 2.45) is 0 Å². The van der Waals surface area contributed by atoms with Crippen molar-refractivity contribution in [2.45, 2.75) is 32.5 Å². The molecule has 112 valence electrons. The molecule has 1 amide bonds. The van der Waals surface area contributed by atoms with Gasteiger partial charge in [-0.1, -0.05) is 11.6 Å². The van der Waals surface area contributed by atoms with Crippen molar-refractivity contribution in [3.63, 3.8) is 0 Å². The molecule has 0 saturated carbocycles. The van der Waals surface area contributed by atoms with Crippen LogP contribution in [-0.4, -0.2) is 54.5 Å². The first kappa shape index (κ1) is 15.8. The number of nitrogens with zero attached hydrogens (tertiary/aromatic N) is 2. The summed E-state index contributed by atoms with van der Waals surface area (Å²) in [5.41, 5.74) is 0. The fourth-order valence-corrected chi connectivity index (χ4v) is 3.51. The number of piperazine rings is 1. The summed E-state index contributed by atoms with van der Waals surface area (Å²) in [6.07, 6.45) is 0. The van der Waals surface area contributed by atoms with Gasteiger partial charge in [0.2, 0.25) is 5.91 Å². The van der Waals surface area contributed by atoms with E-state index in [2.05, 4.69) is 24.1 Å². The predicted molar refractivity (Wildman–Crippen MR) is 84.3 cm³/mol. The Morgan fingerprint density at radius 2 is 2.30 bits per heavy atom. The predicted octanol–water partition coefficient (Wildman–Crippen LogP) is 2.04. The van der Waals surface area contributed by atoms with Crippen LogP contribution in [0.2, 0.25) is 4.34 Å². The van der Waals surface area contributed by atoms with E-state index in [4.69, 9.17) is 11.6 Å². The van der Waals surface area contributed by atoms with Crippen LogP contribution in [0.15, 0.2) is 12.1 Å². The summed E-state index contributed by atoms with van der Waals surface area (Å²) in [5, 5.41) is 3.43. The van der Waals surface area contributed by atoms with Crippen molar-refractivity contribution >= 4 is 28.8 Å². The van der Waals surface area contributed by atoms with Crippen LogP contribution in [0.1, 0.15) is 18.7 Å². The maximum atomic E-state index is 12.3. The number of hydrogen-bond acceptors (Lipinski definition) is 4. The Kier molecular flexibility index (Phi) is 5.43. The van der Waals surface area contributed by atoms with Gasteiger partial charge in [0.05, 0.1) is 17.4 Å². The summed E-state index contributed by atoms with van der Waals surface area (Å²) >= 11 is 7.44. The van der Waals surface area contributed by atoms with Crippen LogP contribution in [-0.2, 0) is 11.3 Å². The van der Waals surface area contributed by atoms with Gasteiger partial charge in [-0.3, -0.25) is 9.69 Å². The minimum Gasteiger partial charge on any atom is -0.340 e. The lowest BCUT2D eigenvalue weighted by Gasteiger charge is -2.37. The summed E-state index contributed by atoms with van der Waals surface area (Å²) in [5.74, 6) is 0.162. The molecule has 0 radical (unpaired) electrons. The minimum absolute atomic E-state index is 0.162. The fourth-order valence-electron chi connectivity index (χ4n) is 2.37. The Balaban J connectivity index is 1.87. The number of thiophene rings is 1. The van der Waals surface area contributed by atoms with Gasteiger partial charge in [-0.25, -0.2) is 0 Å². The molecule has 1 fully saturated rings. The third kappa shape index (κ3) is 4.19. The van der Waals surface area contributed by atoms with Gasteiger partial charge in [0.25, 0.3) is 0 Å². The molecular weight excluding hydrogens is 294 g/mol. The first-order valence-electron chi connectivity index (χ1n) is 6.91. The molecule has 20 heavy (non-hydrogen) atoms. The van der Waals surface area contributed by atoms with Crippen LogP contribution in [0.3, 0.4) is 0 Å². The average molecular weight is 316 g/mol. The highest BCUT2D eigenvalue weighted by Crippen LogP contribution is 2.22. The normalized spacial score (nSPS) is 23.8. The van der Waals surface area contributed by atoms with Gasteiger partial charge in [-0.2, -0.15) is 0 Å². The second-order valence-electron chi connectivity index (χ2n) is 5.54. The second kappa shape index (κ2) is 6.89. The number of amides is 1. The molecule has 0 aliphatic carbocycles. The number of carbonyl (C=O) groups is 1. The second-order valence-corrected chi connectivity index (χ2v) is 7.34. The van der Waals surface area contributed by atoms with Crippen LogP contribution in [0.25, 0.3) is 0 Å². The molecule has 2 rings (SSSR count). The van der Waals surface area contributed by atoms with E-state index in [-0.39, 0.29) is 5.91 Å². The van der Waals surface area contributed by atoms with Gasteiger partial charge in [0.15, 0.2) is 0 Å². The van der Waals surface area contributed by atoms with Crippen LogP contribution < -0.4 is 5.32 Å². The number of hydrogen-bond donors (Lipinski definition) is 1. The molecule has 1 aliphatic heterocycles. The molecule has 1 N–H and O–H groups in total. The first-order valence-corrected chi connectivity index (χ1v) is 8.10. The lowest BCUT2D eigenvalue weighted by molar-refractivity contribution is -0.132. The third-order valence-corrected chi connectivity index (χ3v) is 4.90. The van der Waals surface area contributed by atoms with Crippen molar-refractivity contribution in [1.29, 1.82) is 0 Å². The maximum Gasteiger partial charge on any atom is 0.236 e. The summed E-state index contributed by atoms with van der Waals surface area (Å²) < 4.78 is 0.769. The number of likely N-dealkylation sites (N-methyl/N-ethyl adjacent to an activating group) is 1. The highest BCUT2D eigenvalue weighted by atomic mass is 35.5. The van der Waals surface area contributed by atoms with E-state index >= 15 is 0 Å². The van der Waals surface area contributed by atoms with Gasteiger partial charge < -0.3 is 10.2 Å². The van der Waals surface area contributed by atoms with E-state index in [0.717, 1.165) is 22.3 Å². The molecule has 6 heteroatoms. The molecule has 0 spiro atoms. The minimum atomic E-state index is 0.162. The fraction of sp³-hybridized carbons (Fsp3) is 0.643. The molecule has 1 aromatic rings. The lowest BCUT2D eigenvalue weighted by atomic mass is 10.1. The summed E-state index contributed by atoms with van der Waals surface area (Å²) in [6.45, 7) is 7.30. The zero-order chi connectivity index (χ0) is 14.7. The van der Waals surface area contributed by atoms with Crippen LogP contribution >= 0.6 is 22.9 Å². The van der Waals surface area contributed by atoms with Gasteiger partial charge in [-0.05, 0) is 26.0 Å². The van der Waals surface area contributed by atoms with Gasteiger partial charge in [-0.15, -0.1) is 11.3 Å². The Morgan fingerprint density at radius 3 is 2.95 bits per heavy atom. The van der Waals surface area contributed by atoms with E-state index in [0.29, 0.717) is 25.2 Å². The van der Waals surface area contributed by atoms with Crippen LogP contribution in [0, 0.1) is 0 Å². The molecular formula is C14H22ClN3OS. The molecule has 2 atom stereocenters. The molecule has 0 bridgehead atoms. The lowest BCUT2D eigenvalue weighted by Crippen LogP contribution is -2.56. The largest absolute Gasteiger partial charge is 0.340 e. The van der Waals surface area contributed by atoms with Crippen LogP contribution in [0.4, 0.5) is 0 Å². The number of halogens is 1. The highest BCUT2D eigenvalue weighted by molar-refractivity contribution is 7.16. The zero-order valence-electron chi connectivity index (χ0n) is 12.2. The molecule has 1 aliphatic rings. The molecule has 1 saturated heterocycles. The standard InChI is InChI=1S/C14H22ClN3OS/c1-10-7-18(11(2)6-16-10)9-14(19)17(3)8-12-4-5-13(15)20-12/h4-5,10-11,16H,6-9H2,1-3H3. The topological polar surface area (TPSA) is 35.6 Å². The van der Waals surface area contributed by atoms with Crippen molar-refractivity contribution in [3.8, 4) is 0 Å². The molecule has 2 heterocycles. The number of nitrogens with one attached hydrogen (secondary N) is 1. The Hall–Kier alpha value is -0.620. The molecule has 1 aromatic heterocycles. The van der Waals surface area contributed by atoms with Crippen molar-refractivity contribution in [2.75, 3.05) is 26.7 Å². The van der Waals surface area contributed by atoms with Crippen molar-refractivity contribution in [3.05, 3.63) is 21.3 Å². The Morgan fingerprint density at radius 1 is 1.55 bits per heavy atom. The number of rotatable bonds is 4. The van der Waals surface area contributed by atoms with E-state index < -0.39 is 0 Å². The van der Waals surface area contributed by atoms with Gasteiger partial charge >= 0.3 is 0 Å². The molecule has 2 unspecified atom stereocenters. The Labute approximate surface area is 129 Å². The van der Waals surface area contributed by atoms with E-state index in [1.807, 2.05) is 19.2 Å². The van der Waals surface area contributed by atoms with Crippen LogP contribution in [0.5, 0.6) is 0 Å². The summed E-state index contributed by atoms with van der Waals surface area (Å²) in [6, 6.07) is 4.70. The van der Waals surface area contributed by atoms with E-state index in [1.54, 1.807) is 4.90 Å². The van der Waals surface area contributed by atoms with Crippen molar-refractivity contribution in [1.82, 2.24) is 15.1 Å². The molecule has 0 aromatic carbocycles. The quantitative estimate of drug-likeness (QED) is 0.923. The summed E-state index contributed by atoms with van der Waals surface area (Å²) in [7, 11) is 1.85. The SMILES string of the molecule is CC1CN(CC(=O)N(C)Cc2ccc(Cl)s2)C(C)CN1. The van der Waals surface area contributed by atoms with Gasteiger partial charge in [0.1, 0.15) is 0 Å². The molecule has 4 nitrogen and oxygen atoms in total. The highest BCUT2D eigenvalue weighted by Gasteiger charge is 2.25. The monoisotopic (exact) mass is 315 g/mol. The Bertz CT molecular complexity index is 465. The van der Waals surface area contributed by atoms with E-state index in [1.165, 1.54) is 11.3 Å². The smallest absolute Gasteiger partial charge is 0.236 e. The van der Waals surface area contributed by atoms with E-state index in [9.17, 15) is 4.79 Å². The maximum absolute atomic E-state index is 12.3. The average Bonchev–Trinajstić information content (AvgIpc) is 2.79. The van der Waals surface area contributed by atoms with Crippen molar-refractivity contribution < 1.29 is 4.79 Å². The summed E-state index contributed by atoms with van der Waals surface area (Å²) in [4.78, 5) is 17.5. The third-order valence-electron chi connectivity index (χ3n) is 3.68.